The molecule has 0 saturated heterocycles. The van der Waals surface area contributed by atoms with Crippen LogP contribution >= 0.6 is 0 Å². The second-order valence-corrected chi connectivity index (χ2v) is 6.04. The Morgan fingerprint density at radius 2 is 0.722 bits per heavy atom. The highest BCUT2D eigenvalue weighted by atomic mass is 14.2. The van der Waals surface area contributed by atoms with Gasteiger partial charge in [-0.15, -0.1) is 0 Å². The van der Waals surface area contributed by atoms with Crippen LogP contribution in [0.25, 0.3) is 0 Å². The van der Waals surface area contributed by atoms with E-state index in [0.717, 1.165) is 17.8 Å². The first-order valence-corrected chi connectivity index (χ1v) is 8.42. The van der Waals surface area contributed by atoms with Crippen LogP contribution in [0.15, 0.2) is 0 Å². The molecular formula is C18H42. The summed E-state index contributed by atoms with van der Waals surface area (Å²) in [5, 5.41) is 0. The lowest BCUT2D eigenvalue weighted by atomic mass is 9.88. The van der Waals surface area contributed by atoms with Gasteiger partial charge in [0.15, 0.2) is 0 Å². The van der Waals surface area contributed by atoms with Gasteiger partial charge in [-0.25, -0.2) is 0 Å². The predicted molar refractivity (Wildman–Crippen MR) is 89.2 cm³/mol. The molecule has 0 aliphatic rings. The number of rotatable bonds is 6. The Morgan fingerprint density at radius 1 is 0.556 bits per heavy atom. The third-order valence-electron chi connectivity index (χ3n) is 2.98. The number of hydrogen-bond donors (Lipinski definition) is 0. The van der Waals surface area contributed by atoms with Crippen LogP contribution in [0.4, 0.5) is 0 Å². The van der Waals surface area contributed by atoms with E-state index in [2.05, 4.69) is 62.3 Å². The van der Waals surface area contributed by atoms with Gasteiger partial charge in [-0.3, -0.25) is 0 Å². The fourth-order valence-corrected chi connectivity index (χ4v) is 1.72. The van der Waals surface area contributed by atoms with Crippen LogP contribution in [-0.2, 0) is 0 Å². The lowest BCUT2D eigenvalue weighted by molar-refractivity contribution is 0.338. The van der Waals surface area contributed by atoms with Crippen LogP contribution in [0, 0.1) is 17.8 Å². The van der Waals surface area contributed by atoms with E-state index in [1.807, 2.05) is 0 Å². The second-order valence-electron chi connectivity index (χ2n) is 6.04. The fraction of sp³-hybridized carbons (Fsp3) is 1.00. The smallest absolute Gasteiger partial charge is 0.0417 e. The minimum atomic E-state index is 0.833. The third kappa shape index (κ3) is 25.0. The first-order chi connectivity index (χ1) is 8.42. The van der Waals surface area contributed by atoms with E-state index in [4.69, 9.17) is 0 Å². The molecule has 0 spiro atoms. The quantitative estimate of drug-likeness (QED) is 0.468. The van der Waals surface area contributed by atoms with Crippen LogP contribution in [-0.4, -0.2) is 0 Å². The van der Waals surface area contributed by atoms with E-state index < -0.39 is 0 Å². The Morgan fingerprint density at radius 3 is 0.833 bits per heavy atom. The average Bonchev–Trinajstić information content (AvgIpc) is 2.31. The first-order valence-electron chi connectivity index (χ1n) is 8.42. The van der Waals surface area contributed by atoms with Crippen molar-refractivity contribution in [3.63, 3.8) is 0 Å². The minimum absolute atomic E-state index is 0.833. The highest BCUT2D eigenvalue weighted by Gasteiger charge is 2.09. The Kier molecular flexibility index (Phi) is 24.8. The van der Waals surface area contributed by atoms with Crippen LogP contribution in [0.5, 0.6) is 0 Å². The van der Waals surface area contributed by atoms with Crippen molar-refractivity contribution in [2.24, 2.45) is 17.8 Å². The highest BCUT2D eigenvalue weighted by Crippen LogP contribution is 2.23. The van der Waals surface area contributed by atoms with Gasteiger partial charge < -0.3 is 0 Å². The molecule has 0 aromatic carbocycles. The Bertz CT molecular complexity index is 94.5. The van der Waals surface area contributed by atoms with E-state index in [0.29, 0.717) is 0 Å². The molecule has 0 rings (SSSR count). The van der Waals surface area contributed by atoms with Crippen LogP contribution in [0.3, 0.4) is 0 Å². The summed E-state index contributed by atoms with van der Waals surface area (Å²) in [6.07, 6.45) is 8.18. The average molecular weight is 259 g/mol. The van der Waals surface area contributed by atoms with Gasteiger partial charge in [0.25, 0.3) is 0 Å². The molecule has 0 aliphatic heterocycles. The zero-order valence-corrected chi connectivity index (χ0v) is 15.0. The van der Waals surface area contributed by atoms with Gasteiger partial charge in [0.2, 0.25) is 0 Å². The van der Waals surface area contributed by atoms with Crippen molar-refractivity contribution >= 4 is 0 Å². The standard InChI is InChI=1S/C11H24.C4H10.C3H8/c1-5-10(6-2)9-11(7-3)8-4;1-4(2)3;1-3-2/h10-11H,5-9H2,1-4H3;4H,1-3H3;3H2,1-2H3. The molecular weight excluding hydrogens is 216 g/mol. The summed E-state index contributed by atoms with van der Waals surface area (Å²) in [7, 11) is 0. The molecule has 0 atom stereocenters. The van der Waals surface area contributed by atoms with E-state index in [9.17, 15) is 0 Å². The predicted octanol–water partition coefficient (Wildman–Crippen LogP) is 7.33. The number of hydrogen-bond acceptors (Lipinski definition) is 0. The molecule has 0 aliphatic carbocycles. The first kappa shape index (κ1) is 23.1. The lowest BCUT2D eigenvalue weighted by Gasteiger charge is -2.18. The monoisotopic (exact) mass is 258 g/mol. The SMILES string of the molecule is CC(C)C.CCC.CCC(CC)CC(CC)CC. The van der Waals surface area contributed by atoms with Crippen molar-refractivity contribution in [2.45, 2.75) is 101 Å². The Hall–Kier alpha value is 0. The topological polar surface area (TPSA) is 0 Å². The van der Waals surface area contributed by atoms with Gasteiger partial charge in [0, 0.05) is 0 Å². The van der Waals surface area contributed by atoms with Crippen LogP contribution < -0.4 is 0 Å². The Balaban J connectivity index is -0.000000266. The summed E-state index contributed by atoms with van der Waals surface area (Å²) in [5.74, 6) is 2.81. The molecule has 0 saturated carbocycles. The molecule has 0 unspecified atom stereocenters. The van der Waals surface area contributed by atoms with Gasteiger partial charge in [0.05, 0.1) is 0 Å². The van der Waals surface area contributed by atoms with E-state index in [-0.39, 0.29) is 0 Å². The van der Waals surface area contributed by atoms with Crippen molar-refractivity contribution in [1.29, 1.82) is 0 Å². The highest BCUT2D eigenvalue weighted by molar-refractivity contribution is 4.61. The molecule has 0 heteroatoms. The molecule has 0 amide bonds. The summed E-state index contributed by atoms with van der Waals surface area (Å²) in [5.41, 5.74) is 0. The fourth-order valence-electron chi connectivity index (χ4n) is 1.72. The van der Waals surface area contributed by atoms with Crippen molar-refractivity contribution < 1.29 is 0 Å². The third-order valence-corrected chi connectivity index (χ3v) is 2.98. The second kappa shape index (κ2) is 19.3. The molecule has 0 aromatic rings. The van der Waals surface area contributed by atoms with Gasteiger partial charge >= 0.3 is 0 Å². The molecule has 0 heterocycles. The van der Waals surface area contributed by atoms with Crippen molar-refractivity contribution in [1.82, 2.24) is 0 Å². The largest absolute Gasteiger partial charge is 0.0656 e. The van der Waals surface area contributed by atoms with E-state index in [1.54, 1.807) is 0 Å². The minimum Gasteiger partial charge on any atom is -0.0656 e. The van der Waals surface area contributed by atoms with Crippen LogP contribution in [0.2, 0.25) is 0 Å². The summed E-state index contributed by atoms with van der Waals surface area (Å²) in [4.78, 5) is 0. The molecule has 114 valence electrons. The molecule has 0 bridgehead atoms. The molecule has 18 heavy (non-hydrogen) atoms. The van der Waals surface area contributed by atoms with Crippen molar-refractivity contribution in [3.8, 4) is 0 Å². The van der Waals surface area contributed by atoms with E-state index in [1.165, 1.54) is 38.5 Å². The van der Waals surface area contributed by atoms with Gasteiger partial charge in [-0.05, 0) is 24.2 Å². The van der Waals surface area contributed by atoms with Crippen molar-refractivity contribution in [2.75, 3.05) is 0 Å². The maximum Gasteiger partial charge on any atom is -0.0417 e. The maximum absolute atomic E-state index is 2.32. The van der Waals surface area contributed by atoms with Crippen LogP contribution in [0.1, 0.15) is 101 Å². The maximum atomic E-state index is 2.32. The zero-order valence-electron chi connectivity index (χ0n) is 15.0. The molecule has 0 aromatic heterocycles. The summed E-state index contributed by atoms with van der Waals surface area (Å²) in [6, 6.07) is 0. The lowest BCUT2D eigenvalue weighted by Crippen LogP contribution is -2.05. The van der Waals surface area contributed by atoms with Gasteiger partial charge in [-0.1, -0.05) is 94.4 Å². The summed E-state index contributed by atoms with van der Waals surface area (Å²) >= 11 is 0. The van der Waals surface area contributed by atoms with Crippen molar-refractivity contribution in [3.05, 3.63) is 0 Å². The van der Waals surface area contributed by atoms with E-state index >= 15 is 0 Å². The molecule has 0 N–H and O–H groups in total. The van der Waals surface area contributed by atoms with Gasteiger partial charge in [0.1, 0.15) is 0 Å². The summed E-state index contributed by atoms with van der Waals surface area (Å²) < 4.78 is 0. The molecule has 0 radical (unpaired) electrons. The molecule has 0 fully saturated rings. The zero-order chi connectivity index (χ0) is 15.0. The Labute approximate surface area is 119 Å². The molecule has 0 nitrogen and oxygen atoms in total. The van der Waals surface area contributed by atoms with Gasteiger partial charge in [-0.2, -0.15) is 0 Å². The summed E-state index contributed by atoms with van der Waals surface area (Å²) in [6.45, 7) is 20.0. The normalized spacial score (nSPS) is 10.0.